The fourth-order valence-corrected chi connectivity index (χ4v) is 4.57. The number of aromatic nitrogens is 1. The van der Waals surface area contributed by atoms with Crippen molar-refractivity contribution in [3.8, 4) is 5.75 Å². The summed E-state index contributed by atoms with van der Waals surface area (Å²) in [6.45, 7) is 7.47. The van der Waals surface area contributed by atoms with Crippen LogP contribution >= 0.6 is 0 Å². The van der Waals surface area contributed by atoms with E-state index in [2.05, 4.69) is 41.4 Å². The summed E-state index contributed by atoms with van der Waals surface area (Å²) in [5.74, 6) is 1.15. The molecule has 1 amide bonds. The molecule has 0 radical (unpaired) electrons. The summed E-state index contributed by atoms with van der Waals surface area (Å²) in [7, 11) is 1.70. The van der Waals surface area contributed by atoms with Crippen molar-refractivity contribution in [3.05, 3.63) is 94.3 Å². The molecule has 0 saturated carbocycles. The molecule has 33 heavy (non-hydrogen) atoms. The lowest BCUT2D eigenvalue weighted by atomic mass is 9.89. The number of benzene rings is 2. The van der Waals surface area contributed by atoms with Crippen LogP contribution in [0.1, 0.15) is 57.2 Å². The normalized spacial score (nSPS) is 14.8. The molecule has 172 valence electrons. The van der Waals surface area contributed by atoms with Crippen molar-refractivity contribution < 1.29 is 9.53 Å². The molecule has 1 fully saturated rings. The Hall–Kier alpha value is -3.18. The van der Waals surface area contributed by atoms with E-state index >= 15 is 0 Å². The minimum absolute atomic E-state index is 0.0437. The second kappa shape index (κ2) is 10.6. The molecule has 0 aliphatic carbocycles. The maximum Gasteiger partial charge on any atom is 0.253 e. The molecule has 4 rings (SSSR count). The molecule has 0 atom stereocenters. The van der Waals surface area contributed by atoms with E-state index in [1.807, 2.05) is 43.3 Å². The molecule has 0 unspecified atom stereocenters. The number of methoxy groups -OCH3 is 1. The van der Waals surface area contributed by atoms with Gasteiger partial charge < -0.3 is 10.1 Å². The summed E-state index contributed by atoms with van der Waals surface area (Å²) in [5, 5.41) is 3.09. The molecule has 0 bridgehead atoms. The number of rotatable bonds is 7. The van der Waals surface area contributed by atoms with Crippen molar-refractivity contribution in [1.82, 2.24) is 15.2 Å². The number of nitrogens with one attached hydrogen (secondary N) is 1. The Kier molecular flexibility index (Phi) is 7.40. The summed E-state index contributed by atoms with van der Waals surface area (Å²) < 4.78 is 5.35. The average Bonchev–Trinajstić information content (AvgIpc) is 2.83. The third kappa shape index (κ3) is 5.99. The molecule has 1 aromatic heterocycles. The van der Waals surface area contributed by atoms with E-state index in [1.54, 1.807) is 7.11 Å². The molecule has 0 spiro atoms. The van der Waals surface area contributed by atoms with E-state index in [9.17, 15) is 4.79 Å². The van der Waals surface area contributed by atoms with Gasteiger partial charge >= 0.3 is 0 Å². The van der Waals surface area contributed by atoms with Crippen LogP contribution in [0.15, 0.2) is 60.7 Å². The summed E-state index contributed by atoms with van der Waals surface area (Å²) in [5.41, 5.74) is 6.17. The van der Waals surface area contributed by atoms with Crippen LogP contribution in [-0.2, 0) is 13.1 Å². The highest BCUT2D eigenvalue weighted by Gasteiger charge is 2.26. The first-order chi connectivity index (χ1) is 16.0. The van der Waals surface area contributed by atoms with Crippen molar-refractivity contribution in [2.24, 2.45) is 0 Å². The monoisotopic (exact) mass is 443 g/mol. The van der Waals surface area contributed by atoms with Crippen LogP contribution in [0.5, 0.6) is 5.75 Å². The van der Waals surface area contributed by atoms with Gasteiger partial charge in [0, 0.05) is 24.7 Å². The Labute approximate surface area is 196 Å². The largest absolute Gasteiger partial charge is 0.497 e. The SMILES string of the molecule is COc1cccc(CN2CCC(c3nc(C)ccc3C(=O)NCc3cccc(C)c3)CC2)c1. The van der Waals surface area contributed by atoms with Gasteiger partial charge in [-0.05, 0) is 75.2 Å². The van der Waals surface area contributed by atoms with Gasteiger partial charge in [-0.25, -0.2) is 0 Å². The Bertz CT molecular complexity index is 1100. The molecular weight excluding hydrogens is 410 g/mol. The fraction of sp³-hybridized carbons (Fsp3) is 0.357. The fourth-order valence-electron chi connectivity index (χ4n) is 4.57. The number of hydrogen-bond donors (Lipinski definition) is 1. The summed E-state index contributed by atoms with van der Waals surface area (Å²) >= 11 is 0. The van der Waals surface area contributed by atoms with Crippen LogP contribution in [0.3, 0.4) is 0 Å². The zero-order valence-electron chi connectivity index (χ0n) is 19.8. The molecule has 1 aliphatic rings. The van der Waals surface area contributed by atoms with Gasteiger partial charge in [0.05, 0.1) is 18.4 Å². The lowest BCUT2D eigenvalue weighted by Gasteiger charge is -2.32. The van der Waals surface area contributed by atoms with Crippen LogP contribution in [0, 0.1) is 13.8 Å². The number of hydrogen-bond acceptors (Lipinski definition) is 4. The number of pyridine rings is 1. The van der Waals surface area contributed by atoms with E-state index in [0.29, 0.717) is 18.0 Å². The zero-order chi connectivity index (χ0) is 23.2. The average molecular weight is 444 g/mol. The van der Waals surface area contributed by atoms with Gasteiger partial charge in [-0.3, -0.25) is 14.7 Å². The maximum absolute atomic E-state index is 13.1. The number of carbonyl (C=O) groups is 1. The minimum atomic E-state index is -0.0437. The van der Waals surface area contributed by atoms with E-state index < -0.39 is 0 Å². The molecule has 5 nitrogen and oxygen atoms in total. The van der Waals surface area contributed by atoms with E-state index in [4.69, 9.17) is 9.72 Å². The molecular formula is C28H33N3O2. The van der Waals surface area contributed by atoms with Crippen molar-refractivity contribution in [2.45, 2.75) is 45.7 Å². The van der Waals surface area contributed by atoms with E-state index in [1.165, 1.54) is 11.1 Å². The molecule has 2 aromatic carbocycles. The smallest absolute Gasteiger partial charge is 0.253 e. The van der Waals surface area contributed by atoms with Crippen molar-refractivity contribution in [1.29, 1.82) is 0 Å². The van der Waals surface area contributed by atoms with Crippen molar-refractivity contribution in [3.63, 3.8) is 0 Å². The van der Waals surface area contributed by atoms with Gasteiger partial charge in [0.15, 0.2) is 0 Å². The lowest BCUT2D eigenvalue weighted by molar-refractivity contribution is 0.0948. The molecule has 3 aromatic rings. The number of nitrogens with zero attached hydrogens (tertiary/aromatic N) is 2. The molecule has 1 N–H and O–H groups in total. The number of piperidine rings is 1. The number of ether oxygens (including phenoxy) is 1. The second-order valence-electron chi connectivity index (χ2n) is 8.96. The van der Waals surface area contributed by atoms with Crippen LogP contribution < -0.4 is 10.1 Å². The number of aryl methyl sites for hydroxylation is 2. The topological polar surface area (TPSA) is 54.5 Å². The highest BCUT2D eigenvalue weighted by atomic mass is 16.5. The van der Waals surface area contributed by atoms with Crippen LogP contribution in [0.25, 0.3) is 0 Å². The third-order valence-electron chi connectivity index (χ3n) is 6.36. The highest BCUT2D eigenvalue weighted by molar-refractivity contribution is 5.95. The van der Waals surface area contributed by atoms with Gasteiger partial charge in [-0.15, -0.1) is 0 Å². The predicted octanol–water partition coefficient (Wildman–Crippen LogP) is 5.02. The van der Waals surface area contributed by atoms with Gasteiger partial charge in [0.25, 0.3) is 5.91 Å². The van der Waals surface area contributed by atoms with Gasteiger partial charge in [0.1, 0.15) is 5.75 Å². The van der Waals surface area contributed by atoms with Gasteiger partial charge in [0.2, 0.25) is 0 Å². The first kappa shape index (κ1) is 23.0. The molecule has 2 heterocycles. The van der Waals surface area contributed by atoms with Crippen molar-refractivity contribution in [2.75, 3.05) is 20.2 Å². The van der Waals surface area contributed by atoms with E-state index in [-0.39, 0.29) is 5.91 Å². The van der Waals surface area contributed by atoms with Crippen LogP contribution in [0.4, 0.5) is 0 Å². The number of carbonyl (C=O) groups excluding carboxylic acids is 1. The quantitative estimate of drug-likeness (QED) is 0.557. The lowest BCUT2D eigenvalue weighted by Crippen LogP contribution is -2.34. The Morgan fingerprint density at radius 2 is 1.79 bits per heavy atom. The highest BCUT2D eigenvalue weighted by Crippen LogP contribution is 2.30. The Morgan fingerprint density at radius 3 is 2.55 bits per heavy atom. The Balaban J connectivity index is 1.40. The maximum atomic E-state index is 13.1. The summed E-state index contributed by atoms with van der Waals surface area (Å²) in [6.07, 6.45) is 2.00. The molecule has 5 heteroatoms. The van der Waals surface area contributed by atoms with Gasteiger partial charge in [-0.1, -0.05) is 42.0 Å². The van der Waals surface area contributed by atoms with Crippen LogP contribution in [0.2, 0.25) is 0 Å². The summed E-state index contributed by atoms with van der Waals surface area (Å²) in [4.78, 5) is 20.4. The predicted molar refractivity (Wildman–Crippen MR) is 132 cm³/mol. The van der Waals surface area contributed by atoms with Crippen LogP contribution in [-0.4, -0.2) is 36.0 Å². The minimum Gasteiger partial charge on any atom is -0.497 e. The first-order valence-electron chi connectivity index (χ1n) is 11.7. The molecule has 1 aliphatic heterocycles. The van der Waals surface area contributed by atoms with Gasteiger partial charge in [-0.2, -0.15) is 0 Å². The number of amides is 1. The zero-order valence-corrected chi connectivity index (χ0v) is 19.8. The second-order valence-corrected chi connectivity index (χ2v) is 8.96. The van der Waals surface area contributed by atoms with E-state index in [0.717, 1.165) is 55.2 Å². The first-order valence-corrected chi connectivity index (χ1v) is 11.7. The molecule has 1 saturated heterocycles. The summed E-state index contributed by atoms with van der Waals surface area (Å²) in [6, 6.07) is 20.4. The standard InChI is InChI=1S/C28H33N3O2/c1-20-6-4-7-22(16-20)18-29-28(32)26-11-10-21(2)30-27(26)24-12-14-31(15-13-24)19-23-8-5-9-25(17-23)33-3/h4-11,16-17,24H,12-15,18-19H2,1-3H3,(H,29,32). The Morgan fingerprint density at radius 1 is 1.03 bits per heavy atom. The number of likely N-dealkylation sites (tertiary alicyclic amines) is 1. The van der Waals surface area contributed by atoms with Crippen molar-refractivity contribution >= 4 is 5.91 Å². The third-order valence-corrected chi connectivity index (χ3v) is 6.36.